The monoisotopic (exact) mass is 289 g/mol. The van der Waals surface area contributed by atoms with Crippen molar-refractivity contribution in [1.29, 1.82) is 0 Å². The number of rotatable bonds is 7. The van der Waals surface area contributed by atoms with Crippen molar-refractivity contribution in [2.75, 3.05) is 13.6 Å². The molecule has 0 atom stereocenters. The molecule has 2 aromatic rings. The fourth-order valence-electron chi connectivity index (χ4n) is 1.98. The number of hydrogen-bond acceptors (Lipinski definition) is 2. The number of hydrogen-bond donors (Lipinski definition) is 1. The summed E-state index contributed by atoms with van der Waals surface area (Å²) in [5.74, 6) is 0. The first-order valence-corrected chi connectivity index (χ1v) is 7.20. The van der Waals surface area contributed by atoms with E-state index >= 15 is 0 Å². The molecule has 0 fully saturated rings. The highest BCUT2D eigenvalue weighted by molar-refractivity contribution is 6.30. The largest absolute Gasteiger partial charge is 0.372 e. The van der Waals surface area contributed by atoms with Crippen molar-refractivity contribution >= 4 is 11.6 Å². The number of nitrogens with one attached hydrogen (secondary N) is 1. The van der Waals surface area contributed by atoms with Crippen molar-refractivity contribution in [3.8, 4) is 0 Å². The van der Waals surface area contributed by atoms with Crippen LogP contribution in [0.2, 0.25) is 5.02 Å². The van der Waals surface area contributed by atoms with Gasteiger partial charge in [0.25, 0.3) is 0 Å². The second-order valence-corrected chi connectivity index (χ2v) is 5.23. The van der Waals surface area contributed by atoms with Gasteiger partial charge in [-0.25, -0.2) is 0 Å². The number of likely N-dealkylation sites (N-methyl/N-ethyl adjacent to an activating group) is 1. The smallest absolute Gasteiger partial charge is 0.0721 e. The van der Waals surface area contributed by atoms with Crippen LogP contribution in [-0.4, -0.2) is 13.6 Å². The quantitative estimate of drug-likeness (QED) is 0.837. The summed E-state index contributed by atoms with van der Waals surface area (Å²) < 4.78 is 5.71. The summed E-state index contributed by atoms with van der Waals surface area (Å²) in [5, 5.41) is 3.90. The van der Waals surface area contributed by atoms with Gasteiger partial charge in [-0.05, 0) is 48.8 Å². The first-order chi connectivity index (χ1) is 9.78. The molecule has 106 valence electrons. The molecular formula is C17H20ClNO. The lowest BCUT2D eigenvalue weighted by Crippen LogP contribution is -2.10. The number of halogens is 1. The van der Waals surface area contributed by atoms with Gasteiger partial charge in [0.1, 0.15) is 0 Å². The van der Waals surface area contributed by atoms with Gasteiger partial charge in [-0.2, -0.15) is 0 Å². The molecular weight excluding hydrogens is 270 g/mol. The van der Waals surface area contributed by atoms with Crippen LogP contribution in [0.4, 0.5) is 0 Å². The van der Waals surface area contributed by atoms with E-state index in [-0.39, 0.29) is 0 Å². The van der Waals surface area contributed by atoms with Gasteiger partial charge < -0.3 is 10.1 Å². The van der Waals surface area contributed by atoms with E-state index in [9.17, 15) is 0 Å². The summed E-state index contributed by atoms with van der Waals surface area (Å²) in [4.78, 5) is 0. The molecule has 2 nitrogen and oxygen atoms in total. The van der Waals surface area contributed by atoms with Crippen LogP contribution in [0.5, 0.6) is 0 Å². The molecule has 2 rings (SSSR count). The fraction of sp³-hybridized carbons (Fsp3) is 0.294. The first kappa shape index (κ1) is 15.0. The highest BCUT2D eigenvalue weighted by Gasteiger charge is 1.98. The van der Waals surface area contributed by atoms with Crippen molar-refractivity contribution in [3.05, 3.63) is 70.2 Å². The maximum atomic E-state index is 5.94. The van der Waals surface area contributed by atoms with Crippen LogP contribution in [0.3, 0.4) is 0 Å². The number of benzene rings is 2. The van der Waals surface area contributed by atoms with Gasteiger partial charge in [0.2, 0.25) is 0 Å². The molecule has 2 aromatic carbocycles. The minimum absolute atomic E-state index is 0.585. The molecule has 0 aliphatic carbocycles. The molecule has 0 unspecified atom stereocenters. The van der Waals surface area contributed by atoms with Gasteiger partial charge in [0.05, 0.1) is 13.2 Å². The summed E-state index contributed by atoms with van der Waals surface area (Å²) in [5.41, 5.74) is 3.64. The van der Waals surface area contributed by atoms with Crippen molar-refractivity contribution in [2.45, 2.75) is 19.6 Å². The highest BCUT2D eigenvalue weighted by atomic mass is 35.5. The Hall–Kier alpha value is -1.35. The summed E-state index contributed by atoms with van der Waals surface area (Å²) >= 11 is 5.94. The molecule has 0 saturated heterocycles. The maximum Gasteiger partial charge on any atom is 0.0721 e. The zero-order valence-corrected chi connectivity index (χ0v) is 12.5. The Balaban J connectivity index is 1.79. The second kappa shape index (κ2) is 8.05. The highest BCUT2D eigenvalue weighted by Crippen LogP contribution is 2.13. The zero-order chi connectivity index (χ0) is 14.2. The summed E-state index contributed by atoms with van der Waals surface area (Å²) in [6, 6.07) is 16.3. The van der Waals surface area contributed by atoms with E-state index in [4.69, 9.17) is 16.3 Å². The summed E-state index contributed by atoms with van der Waals surface area (Å²) in [6.45, 7) is 2.21. The van der Waals surface area contributed by atoms with Crippen LogP contribution in [-0.2, 0) is 24.4 Å². The van der Waals surface area contributed by atoms with Crippen LogP contribution in [0.25, 0.3) is 0 Å². The van der Waals surface area contributed by atoms with E-state index in [0.29, 0.717) is 13.2 Å². The Kier molecular flexibility index (Phi) is 6.06. The SMILES string of the molecule is CNCCc1ccc(COCc2cccc(Cl)c2)cc1. The predicted molar refractivity (Wildman–Crippen MR) is 84.0 cm³/mol. The minimum atomic E-state index is 0.585. The van der Waals surface area contributed by atoms with Crippen molar-refractivity contribution in [2.24, 2.45) is 0 Å². The van der Waals surface area contributed by atoms with Crippen LogP contribution >= 0.6 is 11.6 Å². The molecule has 20 heavy (non-hydrogen) atoms. The molecule has 0 spiro atoms. The van der Waals surface area contributed by atoms with Crippen LogP contribution in [0.15, 0.2) is 48.5 Å². The molecule has 1 N–H and O–H groups in total. The van der Waals surface area contributed by atoms with Gasteiger partial charge in [0.15, 0.2) is 0 Å². The summed E-state index contributed by atoms with van der Waals surface area (Å²) in [6.07, 6.45) is 1.06. The van der Waals surface area contributed by atoms with Crippen molar-refractivity contribution in [3.63, 3.8) is 0 Å². The van der Waals surface area contributed by atoms with Crippen molar-refractivity contribution < 1.29 is 4.74 Å². The van der Waals surface area contributed by atoms with Crippen LogP contribution in [0.1, 0.15) is 16.7 Å². The second-order valence-electron chi connectivity index (χ2n) is 4.79. The Morgan fingerprint density at radius 2 is 1.65 bits per heavy atom. The third-order valence-corrected chi connectivity index (χ3v) is 3.35. The van der Waals surface area contributed by atoms with E-state index in [2.05, 4.69) is 29.6 Å². The predicted octanol–water partition coefficient (Wildman–Crippen LogP) is 3.82. The van der Waals surface area contributed by atoms with E-state index in [0.717, 1.165) is 23.6 Å². The molecule has 0 saturated carbocycles. The standard InChI is InChI=1S/C17H20ClNO/c1-19-10-9-14-5-7-15(8-6-14)12-20-13-16-3-2-4-17(18)11-16/h2-8,11,19H,9-10,12-13H2,1H3. The Bertz CT molecular complexity index is 525. The van der Waals surface area contributed by atoms with Gasteiger partial charge in [0, 0.05) is 5.02 Å². The van der Waals surface area contributed by atoms with Gasteiger partial charge in [-0.1, -0.05) is 48.0 Å². The number of ether oxygens (including phenoxy) is 1. The van der Waals surface area contributed by atoms with Gasteiger partial charge in [-0.15, -0.1) is 0 Å². The van der Waals surface area contributed by atoms with Crippen LogP contribution in [0, 0.1) is 0 Å². The average Bonchev–Trinajstić information content (AvgIpc) is 2.46. The molecule has 0 amide bonds. The van der Waals surface area contributed by atoms with E-state index in [1.165, 1.54) is 11.1 Å². The van der Waals surface area contributed by atoms with E-state index in [1.54, 1.807) is 0 Å². The Morgan fingerprint density at radius 1 is 0.950 bits per heavy atom. The normalized spacial score (nSPS) is 10.7. The van der Waals surface area contributed by atoms with E-state index in [1.807, 2.05) is 31.3 Å². The fourth-order valence-corrected chi connectivity index (χ4v) is 2.20. The molecule has 3 heteroatoms. The lowest BCUT2D eigenvalue weighted by Gasteiger charge is -2.06. The molecule has 0 aromatic heterocycles. The third kappa shape index (κ3) is 4.97. The Morgan fingerprint density at radius 3 is 2.35 bits per heavy atom. The first-order valence-electron chi connectivity index (χ1n) is 6.82. The molecule has 0 heterocycles. The van der Waals surface area contributed by atoms with Crippen molar-refractivity contribution in [1.82, 2.24) is 5.32 Å². The zero-order valence-electron chi connectivity index (χ0n) is 11.7. The molecule has 0 aliphatic rings. The lowest BCUT2D eigenvalue weighted by atomic mass is 10.1. The third-order valence-electron chi connectivity index (χ3n) is 3.11. The molecule has 0 bridgehead atoms. The topological polar surface area (TPSA) is 21.3 Å². The molecule has 0 aliphatic heterocycles. The average molecular weight is 290 g/mol. The minimum Gasteiger partial charge on any atom is -0.372 e. The van der Waals surface area contributed by atoms with Crippen LogP contribution < -0.4 is 5.32 Å². The summed E-state index contributed by atoms with van der Waals surface area (Å²) in [7, 11) is 1.97. The maximum absolute atomic E-state index is 5.94. The van der Waals surface area contributed by atoms with Gasteiger partial charge in [-0.3, -0.25) is 0 Å². The lowest BCUT2D eigenvalue weighted by molar-refractivity contribution is 0.107. The molecule has 0 radical (unpaired) electrons. The van der Waals surface area contributed by atoms with Gasteiger partial charge >= 0.3 is 0 Å². The Labute approximate surface area is 125 Å². The van der Waals surface area contributed by atoms with E-state index < -0.39 is 0 Å².